The molecule has 0 aliphatic rings. The first-order chi connectivity index (χ1) is 7.13. The molecule has 7 heteroatoms. The molecule has 15 heavy (non-hydrogen) atoms. The smallest absolute Gasteiger partial charge is 0.184 e. The minimum Gasteiger partial charge on any atom is -0.375 e. The van der Waals surface area contributed by atoms with Crippen LogP contribution in [0.5, 0.6) is 0 Å². The van der Waals surface area contributed by atoms with E-state index in [0.717, 1.165) is 5.56 Å². The van der Waals surface area contributed by atoms with Crippen LogP contribution in [0.3, 0.4) is 0 Å². The number of nitrogens with two attached hydrogens (primary N) is 1. The van der Waals surface area contributed by atoms with Crippen LogP contribution < -0.4 is 16.6 Å². The number of hydrogen-bond donors (Lipinski definition) is 4. The van der Waals surface area contributed by atoms with Crippen LogP contribution in [0.25, 0.3) is 0 Å². The summed E-state index contributed by atoms with van der Waals surface area (Å²) in [6, 6.07) is 1.75. The largest absolute Gasteiger partial charge is 0.375 e. The topological polar surface area (TPSA) is 95.6 Å². The van der Waals surface area contributed by atoms with E-state index in [1.54, 1.807) is 6.07 Å². The average Bonchev–Trinajstić information content (AvgIpc) is 2.17. The Hall–Kier alpha value is -1.73. The minimum atomic E-state index is 0.0941. The normalized spacial score (nSPS) is 10.3. The molecular formula is C8H11N5OS. The van der Waals surface area contributed by atoms with Gasteiger partial charge in [-0.05, 0) is 30.8 Å². The van der Waals surface area contributed by atoms with E-state index in [0.29, 0.717) is 11.4 Å². The maximum atomic E-state index is 8.69. The van der Waals surface area contributed by atoms with Crippen LogP contribution in [0.2, 0.25) is 0 Å². The zero-order valence-electron chi connectivity index (χ0n) is 8.06. The summed E-state index contributed by atoms with van der Waals surface area (Å²) in [5.74, 6) is 0. The van der Waals surface area contributed by atoms with Gasteiger partial charge in [-0.2, -0.15) is 5.10 Å². The van der Waals surface area contributed by atoms with Crippen molar-refractivity contribution in [1.82, 2.24) is 10.4 Å². The molecule has 0 radical (unpaired) electrons. The molecule has 0 saturated carbocycles. The zero-order valence-corrected chi connectivity index (χ0v) is 8.88. The molecule has 1 aromatic rings. The molecule has 6 nitrogen and oxygen atoms in total. The predicted octanol–water partition coefficient (Wildman–Crippen LogP) is 0.358. The molecule has 0 aromatic carbocycles. The van der Waals surface area contributed by atoms with Gasteiger partial charge in [0.2, 0.25) is 0 Å². The van der Waals surface area contributed by atoms with Gasteiger partial charge in [-0.1, -0.05) is 0 Å². The first-order valence-corrected chi connectivity index (χ1v) is 4.49. The van der Waals surface area contributed by atoms with E-state index < -0.39 is 0 Å². The third-order valence-electron chi connectivity index (χ3n) is 1.62. The summed E-state index contributed by atoms with van der Waals surface area (Å²) >= 11 is 4.57. The van der Waals surface area contributed by atoms with Crippen molar-refractivity contribution >= 4 is 29.2 Å². The van der Waals surface area contributed by atoms with Crippen molar-refractivity contribution < 1.29 is 5.21 Å². The van der Waals surface area contributed by atoms with Crippen molar-refractivity contribution in [2.24, 2.45) is 10.8 Å². The number of aromatic nitrogens is 1. The Morgan fingerprint density at radius 3 is 3.00 bits per heavy atom. The van der Waals surface area contributed by atoms with Crippen LogP contribution in [0.4, 0.5) is 5.69 Å². The number of nitrogens with one attached hydrogen (secondary N) is 2. The van der Waals surface area contributed by atoms with Gasteiger partial charge in [-0.15, -0.1) is 0 Å². The molecule has 0 aliphatic carbocycles. The lowest BCUT2D eigenvalue weighted by Crippen LogP contribution is -2.24. The van der Waals surface area contributed by atoms with Crippen molar-refractivity contribution in [3.8, 4) is 0 Å². The highest BCUT2D eigenvalue weighted by molar-refractivity contribution is 7.80. The van der Waals surface area contributed by atoms with Crippen LogP contribution in [0.1, 0.15) is 11.3 Å². The van der Waals surface area contributed by atoms with Gasteiger partial charge >= 0.3 is 0 Å². The maximum absolute atomic E-state index is 8.69. The van der Waals surface area contributed by atoms with E-state index in [1.807, 2.05) is 12.4 Å². The fourth-order valence-corrected chi connectivity index (χ4v) is 0.980. The SMILES string of the molecule is Cc1cc(/C=N/NC(N)=S)ncc1NO. The van der Waals surface area contributed by atoms with Gasteiger partial charge in [0.05, 0.1) is 23.8 Å². The first kappa shape index (κ1) is 11.3. The van der Waals surface area contributed by atoms with Gasteiger partial charge in [-0.3, -0.25) is 21.1 Å². The molecule has 0 spiro atoms. The Balaban J connectivity index is 2.75. The second-order valence-electron chi connectivity index (χ2n) is 2.77. The van der Waals surface area contributed by atoms with Gasteiger partial charge < -0.3 is 5.73 Å². The lowest BCUT2D eigenvalue weighted by molar-refractivity contribution is 0.388. The van der Waals surface area contributed by atoms with E-state index in [2.05, 4.69) is 27.7 Å². The summed E-state index contributed by atoms with van der Waals surface area (Å²) in [5, 5.41) is 12.5. The number of hydrogen-bond acceptors (Lipinski definition) is 5. The molecule has 0 unspecified atom stereocenters. The standard InChI is InChI=1S/C8H11N5OS/c1-5-2-6(3-11-12-8(9)15)10-4-7(5)13-14/h2-4,13-14H,1H3,(H3,9,12,15)/b11-3+. The van der Waals surface area contributed by atoms with Crippen molar-refractivity contribution in [3.05, 3.63) is 23.5 Å². The Labute approximate surface area is 92.2 Å². The molecule has 1 aromatic heterocycles. The summed E-state index contributed by atoms with van der Waals surface area (Å²) < 4.78 is 0. The Kier molecular flexibility index (Phi) is 3.95. The highest BCUT2D eigenvalue weighted by atomic mass is 32.1. The summed E-state index contributed by atoms with van der Waals surface area (Å²) in [6.07, 6.45) is 2.98. The number of nitrogens with zero attached hydrogens (tertiary/aromatic N) is 2. The zero-order chi connectivity index (χ0) is 11.3. The van der Waals surface area contributed by atoms with Crippen molar-refractivity contribution in [1.29, 1.82) is 0 Å². The van der Waals surface area contributed by atoms with Crippen LogP contribution in [0.15, 0.2) is 17.4 Å². The summed E-state index contributed by atoms with van der Waals surface area (Å²) in [4.78, 5) is 4.01. The maximum Gasteiger partial charge on any atom is 0.184 e. The van der Waals surface area contributed by atoms with Crippen LogP contribution in [-0.2, 0) is 0 Å². The van der Waals surface area contributed by atoms with Gasteiger partial charge in [-0.25, -0.2) is 0 Å². The molecule has 1 heterocycles. The lowest BCUT2D eigenvalue weighted by Gasteiger charge is -2.03. The summed E-state index contributed by atoms with van der Waals surface area (Å²) in [6.45, 7) is 1.83. The highest BCUT2D eigenvalue weighted by Gasteiger charge is 1.97. The van der Waals surface area contributed by atoms with Crippen molar-refractivity contribution in [2.75, 3.05) is 5.48 Å². The number of anilines is 1. The average molecular weight is 225 g/mol. The second kappa shape index (κ2) is 5.23. The predicted molar refractivity (Wildman–Crippen MR) is 61.9 cm³/mol. The molecule has 0 atom stereocenters. The lowest BCUT2D eigenvalue weighted by atomic mass is 10.2. The Morgan fingerprint density at radius 1 is 1.73 bits per heavy atom. The minimum absolute atomic E-state index is 0.0941. The van der Waals surface area contributed by atoms with Gasteiger partial charge in [0.15, 0.2) is 5.11 Å². The number of hydrazone groups is 1. The van der Waals surface area contributed by atoms with E-state index in [-0.39, 0.29) is 5.11 Å². The number of aryl methyl sites for hydroxylation is 1. The Bertz CT molecular complexity index is 393. The Morgan fingerprint density at radius 2 is 2.47 bits per heavy atom. The molecule has 0 aliphatic heterocycles. The van der Waals surface area contributed by atoms with E-state index in [9.17, 15) is 0 Å². The van der Waals surface area contributed by atoms with Crippen LogP contribution in [0, 0.1) is 6.92 Å². The van der Waals surface area contributed by atoms with Crippen LogP contribution in [-0.4, -0.2) is 21.5 Å². The third kappa shape index (κ3) is 3.49. The quantitative estimate of drug-likeness (QED) is 0.337. The number of thiocarbonyl (C=S) groups is 1. The molecule has 0 amide bonds. The molecule has 5 N–H and O–H groups in total. The number of pyridine rings is 1. The number of rotatable bonds is 3. The second-order valence-corrected chi connectivity index (χ2v) is 3.21. The first-order valence-electron chi connectivity index (χ1n) is 4.08. The molecule has 80 valence electrons. The molecule has 0 saturated heterocycles. The van der Waals surface area contributed by atoms with E-state index >= 15 is 0 Å². The summed E-state index contributed by atoms with van der Waals surface area (Å²) in [5.41, 5.74) is 11.7. The van der Waals surface area contributed by atoms with E-state index in [4.69, 9.17) is 10.9 Å². The van der Waals surface area contributed by atoms with Crippen molar-refractivity contribution in [2.45, 2.75) is 6.92 Å². The van der Waals surface area contributed by atoms with Gasteiger partial charge in [0, 0.05) is 0 Å². The third-order valence-corrected chi connectivity index (χ3v) is 1.72. The van der Waals surface area contributed by atoms with Gasteiger partial charge in [0.1, 0.15) is 0 Å². The van der Waals surface area contributed by atoms with Crippen LogP contribution >= 0.6 is 12.2 Å². The van der Waals surface area contributed by atoms with Crippen molar-refractivity contribution in [3.63, 3.8) is 0 Å². The molecular weight excluding hydrogens is 214 g/mol. The highest BCUT2D eigenvalue weighted by Crippen LogP contribution is 2.11. The monoisotopic (exact) mass is 225 g/mol. The fraction of sp³-hybridized carbons (Fsp3) is 0.125. The van der Waals surface area contributed by atoms with Gasteiger partial charge in [0.25, 0.3) is 0 Å². The van der Waals surface area contributed by atoms with E-state index in [1.165, 1.54) is 12.4 Å². The summed E-state index contributed by atoms with van der Waals surface area (Å²) in [7, 11) is 0. The molecule has 1 rings (SSSR count). The molecule has 0 fully saturated rings. The molecule has 0 bridgehead atoms. The fourth-order valence-electron chi connectivity index (χ4n) is 0.927.